The molecule has 0 radical (unpaired) electrons. The van der Waals surface area contributed by atoms with Gasteiger partial charge in [-0.2, -0.15) is 0 Å². The van der Waals surface area contributed by atoms with Gasteiger partial charge >= 0.3 is 0 Å². The van der Waals surface area contributed by atoms with Crippen LogP contribution in [0.1, 0.15) is 35.3 Å². The summed E-state index contributed by atoms with van der Waals surface area (Å²) < 4.78 is 0. The third-order valence-electron chi connectivity index (χ3n) is 5.22. The molecule has 0 aliphatic heterocycles. The SMILES string of the molecule is CC(C)Cc1ccc(-c2cc(C(=O)NCc3ccc(Cl)cc3)c3ccccc3n2)cc1. The summed E-state index contributed by atoms with van der Waals surface area (Å²) in [4.78, 5) is 17.9. The number of rotatable bonds is 6. The number of aromatic nitrogens is 1. The van der Waals surface area contributed by atoms with E-state index in [0.717, 1.165) is 34.1 Å². The summed E-state index contributed by atoms with van der Waals surface area (Å²) >= 11 is 5.95. The van der Waals surface area contributed by atoms with Gasteiger partial charge in [-0.15, -0.1) is 0 Å². The second-order valence-electron chi connectivity index (χ2n) is 8.18. The lowest BCUT2D eigenvalue weighted by atomic mass is 9.99. The van der Waals surface area contributed by atoms with Crippen molar-refractivity contribution in [2.24, 2.45) is 5.92 Å². The Balaban J connectivity index is 1.64. The van der Waals surface area contributed by atoms with Gasteiger partial charge in [-0.25, -0.2) is 4.98 Å². The quantitative estimate of drug-likeness (QED) is 0.372. The van der Waals surface area contributed by atoms with Gasteiger partial charge in [-0.05, 0) is 47.7 Å². The minimum Gasteiger partial charge on any atom is -0.348 e. The Morgan fingerprint density at radius 1 is 0.935 bits per heavy atom. The predicted molar refractivity (Wildman–Crippen MR) is 128 cm³/mol. The Morgan fingerprint density at radius 2 is 1.61 bits per heavy atom. The van der Waals surface area contributed by atoms with E-state index in [1.54, 1.807) is 0 Å². The van der Waals surface area contributed by atoms with Crippen LogP contribution in [-0.4, -0.2) is 10.9 Å². The van der Waals surface area contributed by atoms with Gasteiger partial charge in [0, 0.05) is 22.5 Å². The van der Waals surface area contributed by atoms with Gasteiger partial charge in [0.15, 0.2) is 0 Å². The first-order valence-electron chi connectivity index (χ1n) is 10.5. The number of halogens is 1. The number of carbonyl (C=O) groups excluding carboxylic acids is 1. The van der Waals surface area contributed by atoms with Gasteiger partial charge in [0.05, 0.1) is 16.8 Å². The molecule has 0 atom stereocenters. The highest BCUT2D eigenvalue weighted by molar-refractivity contribution is 6.30. The van der Waals surface area contributed by atoms with Crippen LogP contribution < -0.4 is 5.32 Å². The number of hydrogen-bond donors (Lipinski definition) is 1. The molecule has 1 aromatic heterocycles. The molecule has 1 heterocycles. The molecule has 0 unspecified atom stereocenters. The topological polar surface area (TPSA) is 42.0 Å². The number of para-hydroxylation sites is 1. The number of carbonyl (C=O) groups is 1. The molecule has 0 fully saturated rings. The Bertz CT molecular complexity index is 1200. The number of nitrogens with one attached hydrogen (secondary N) is 1. The van der Waals surface area contributed by atoms with E-state index in [-0.39, 0.29) is 5.91 Å². The van der Waals surface area contributed by atoms with Crippen LogP contribution in [0.3, 0.4) is 0 Å². The Hall–Kier alpha value is -3.17. The molecular formula is C27H25ClN2O. The zero-order chi connectivity index (χ0) is 21.8. The first-order valence-corrected chi connectivity index (χ1v) is 10.9. The van der Waals surface area contributed by atoms with Crippen LogP contribution in [0.15, 0.2) is 78.9 Å². The summed E-state index contributed by atoms with van der Waals surface area (Å²) in [5, 5.41) is 4.55. The lowest BCUT2D eigenvalue weighted by molar-refractivity contribution is 0.0952. The van der Waals surface area contributed by atoms with Crippen LogP contribution in [0, 0.1) is 5.92 Å². The molecule has 1 amide bonds. The number of amides is 1. The number of fused-ring (bicyclic) bond motifs is 1. The molecule has 0 aliphatic rings. The summed E-state index contributed by atoms with van der Waals surface area (Å²) in [6.07, 6.45) is 1.05. The van der Waals surface area contributed by atoms with Crippen molar-refractivity contribution in [3.63, 3.8) is 0 Å². The van der Waals surface area contributed by atoms with Crippen LogP contribution in [-0.2, 0) is 13.0 Å². The van der Waals surface area contributed by atoms with Gasteiger partial charge in [0.2, 0.25) is 0 Å². The van der Waals surface area contributed by atoms with Gasteiger partial charge in [0.25, 0.3) is 5.91 Å². The maximum Gasteiger partial charge on any atom is 0.252 e. The molecule has 4 heteroatoms. The molecule has 156 valence electrons. The highest BCUT2D eigenvalue weighted by Crippen LogP contribution is 2.26. The van der Waals surface area contributed by atoms with E-state index < -0.39 is 0 Å². The van der Waals surface area contributed by atoms with E-state index in [9.17, 15) is 4.79 Å². The zero-order valence-corrected chi connectivity index (χ0v) is 18.5. The van der Waals surface area contributed by atoms with Crippen molar-refractivity contribution >= 4 is 28.4 Å². The molecule has 1 N–H and O–H groups in total. The largest absolute Gasteiger partial charge is 0.348 e. The second-order valence-corrected chi connectivity index (χ2v) is 8.61. The van der Waals surface area contributed by atoms with E-state index in [1.807, 2.05) is 54.6 Å². The fourth-order valence-corrected chi connectivity index (χ4v) is 3.80. The van der Waals surface area contributed by atoms with Crippen LogP contribution in [0.4, 0.5) is 0 Å². The number of benzene rings is 3. The van der Waals surface area contributed by atoms with Gasteiger partial charge < -0.3 is 5.32 Å². The Morgan fingerprint density at radius 3 is 2.32 bits per heavy atom. The lowest BCUT2D eigenvalue weighted by Gasteiger charge is -2.12. The van der Waals surface area contributed by atoms with Crippen molar-refractivity contribution in [1.82, 2.24) is 10.3 Å². The first kappa shape index (κ1) is 21.1. The van der Waals surface area contributed by atoms with Gasteiger partial charge in [0.1, 0.15) is 0 Å². The maximum atomic E-state index is 13.1. The average Bonchev–Trinajstić information content (AvgIpc) is 2.78. The van der Waals surface area contributed by atoms with E-state index in [2.05, 4.69) is 43.4 Å². The zero-order valence-electron chi connectivity index (χ0n) is 17.7. The summed E-state index contributed by atoms with van der Waals surface area (Å²) in [6, 6.07) is 25.6. The van der Waals surface area contributed by atoms with Crippen LogP contribution in [0.2, 0.25) is 5.02 Å². The monoisotopic (exact) mass is 428 g/mol. The van der Waals surface area contributed by atoms with E-state index in [0.29, 0.717) is 23.0 Å². The standard InChI is InChI=1S/C27H25ClN2O/c1-18(2)15-19-7-11-21(12-8-19)26-16-24(23-5-3-4-6-25(23)30-26)27(31)29-17-20-9-13-22(28)14-10-20/h3-14,16,18H,15,17H2,1-2H3,(H,29,31). The molecule has 31 heavy (non-hydrogen) atoms. The van der Waals surface area contributed by atoms with Crippen LogP contribution in [0.5, 0.6) is 0 Å². The molecule has 3 aromatic carbocycles. The molecule has 0 spiro atoms. The van der Waals surface area contributed by atoms with Crippen LogP contribution >= 0.6 is 11.6 Å². The third kappa shape index (κ3) is 5.12. The Labute approximate surface area is 188 Å². The molecular weight excluding hydrogens is 404 g/mol. The third-order valence-corrected chi connectivity index (χ3v) is 5.47. The highest BCUT2D eigenvalue weighted by Gasteiger charge is 2.14. The molecule has 0 saturated heterocycles. The normalized spacial score (nSPS) is 11.1. The second kappa shape index (κ2) is 9.32. The predicted octanol–water partition coefficient (Wildman–Crippen LogP) is 6.68. The molecule has 3 nitrogen and oxygen atoms in total. The van der Waals surface area contributed by atoms with Crippen molar-refractivity contribution in [2.45, 2.75) is 26.8 Å². The molecule has 0 aliphatic carbocycles. The van der Waals surface area contributed by atoms with Crippen LogP contribution in [0.25, 0.3) is 22.2 Å². The average molecular weight is 429 g/mol. The van der Waals surface area contributed by atoms with Crippen molar-refractivity contribution in [3.05, 3.63) is 101 Å². The summed E-state index contributed by atoms with van der Waals surface area (Å²) in [7, 11) is 0. The Kier molecular flexibility index (Phi) is 6.34. The van der Waals surface area contributed by atoms with Crippen molar-refractivity contribution in [1.29, 1.82) is 0 Å². The van der Waals surface area contributed by atoms with Gasteiger partial charge in [-0.3, -0.25) is 4.79 Å². The van der Waals surface area contributed by atoms with E-state index in [4.69, 9.17) is 16.6 Å². The van der Waals surface area contributed by atoms with Crippen molar-refractivity contribution in [3.8, 4) is 11.3 Å². The molecule has 0 bridgehead atoms. The molecule has 4 rings (SSSR count). The lowest BCUT2D eigenvalue weighted by Crippen LogP contribution is -2.23. The van der Waals surface area contributed by atoms with Crippen molar-refractivity contribution in [2.75, 3.05) is 0 Å². The van der Waals surface area contributed by atoms with E-state index >= 15 is 0 Å². The summed E-state index contributed by atoms with van der Waals surface area (Å²) in [5.74, 6) is 0.492. The fourth-order valence-electron chi connectivity index (χ4n) is 3.67. The maximum absolute atomic E-state index is 13.1. The smallest absolute Gasteiger partial charge is 0.252 e. The number of nitrogens with zero attached hydrogens (tertiary/aromatic N) is 1. The minimum absolute atomic E-state index is 0.119. The summed E-state index contributed by atoms with van der Waals surface area (Å²) in [5.41, 5.74) is 5.54. The number of pyridine rings is 1. The van der Waals surface area contributed by atoms with Gasteiger partial charge in [-0.1, -0.05) is 80.0 Å². The summed E-state index contributed by atoms with van der Waals surface area (Å²) in [6.45, 7) is 4.87. The molecule has 0 saturated carbocycles. The highest BCUT2D eigenvalue weighted by atomic mass is 35.5. The number of hydrogen-bond acceptors (Lipinski definition) is 2. The van der Waals surface area contributed by atoms with Crippen molar-refractivity contribution < 1.29 is 4.79 Å². The fraction of sp³-hybridized carbons (Fsp3) is 0.185. The first-order chi connectivity index (χ1) is 15.0. The minimum atomic E-state index is -0.119. The van der Waals surface area contributed by atoms with E-state index in [1.165, 1.54) is 5.56 Å². The molecule has 4 aromatic rings.